The van der Waals surface area contributed by atoms with Gasteiger partial charge in [-0.25, -0.2) is 9.59 Å². The zero-order valence-electron chi connectivity index (χ0n) is 11.5. The molecule has 7 nitrogen and oxygen atoms in total. The third-order valence-corrected chi connectivity index (χ3v) is 3.22. The van der Waals surface area contributed by atoms with Gasteiger partial charge in [-0.05, 0) is 13.0 Å². The molecular formula is C14H11FN2O5. The summed E-state index contributed by atoms with van der Waals surface area (Å²) in [6.07, 6.45) is -0.441. The highest BCUT2D eigenvalue weighted by molar-refractivity contribution is 5.97. The van der Waals surface area contributed by atoms with Crippen molar-refractivity contribution in [2.24, 2.45) is 0 Å². The fourth-order valence-corrected chi connectivity index (χ4v) is 2.31. The molecule has 1 aliphatic heterocycles. The van der Waals surface area contributed by atoms with Gasteiger partial charge in [-0.2, -0.15) is 4.39 Å². The molecule has 22 heavy (non-hydrogen) atoms. The van der Waals surface area contributed by atoms with Crippen LogP contribution in [0, 0.1) is 5.82 Å². The summed E-state index contributed by atoms with van der Waals surface area (Å²) in [5.74, 6) is -1.50. The van der Waals surface area contributed by atoms with Gasteiger partial charge in [0.2, 0.25) is 12.0 Å². The molecule has 114 valence electrons. The van der Waals surface area contributed by atoms with Crippen LogP contribution in [-0.4, -0.2) is 22.1 Å². The van der Waals surface area contributed by atoms with E-state index in [4.69, 9.17) is 9.47 Å². The van der Waals surface area contributed by atoms with E-state index in [1.54, 1.807) is 25.1 Å². The summed E-state index contributed by atoms with van der Waals surface area (Å²) in [4.78, 5) is 36.8. The van der Waals surface area contributed by atoms with E-state index in [2.05, 4.69) is 0 Å². The molecule has 0 bridgehead atoms. The molecule has 0 aliphatic carbocycles. The standard InChI is InChI=1S/C14H11FN2O5/c1-2-21-9-5-3-4-7-10(9)13(19)22-12(7)17-6-8(15)11(18)16-14(17)20/h3-6,12H,2H2,1H3,(H,16,18,20). The minimum Gasteiger partial charge on any atom is -0.493 e. The van der Waals surface area contributed by atoms with E-state index in [0.717, 1.165) is 4.57 Å². The second-order valence-corrected chi connectivity index (χ2v) is 4.55. The molecule has 1 aromatic heterocycles. The van der Waals surface area contributed by atoms with Crippen molar-refractivity contribution in [1.82, 2.24) is 9.55 Å². The molecule has 0 saturated carbocycles. The molecule has 1 unspecified atom stereocenters. The molecule has 2 heterocycles. The van der Waals surface area contributed by atoms with Crippen molar-refractivity contribution in [1.29, 1.82) is 0 Å². The van der Waals surface area contributed by atoms with Crippen molar-refractivity contribution >= 4 is 5.97 Å². The SMILES string of the molecule is CCOc1cccc2c1C(=O)OC2n1cc(F)c(=O)[nH]c1=O. The third kappa shape index (κ3) is 2.09. The van der Waals surface area contributed by atoms with E-state index >= 15 is 0 Å². The molecule has 0 saturated heterocycles. The van der Waals surface area contributed by atoms with Crippen molar-refractivity contribution in [2.75, 3.05) is 6.61 Å². The lowest BCUT2D eigenvalue weighted by molar-refractivity contribution is 0.0305. The maximum absolute atomic E-state index is 13.4. The number of ether oxygens (including phenoxy) is 2. The van der Waals surface area contributed by atoms with E-state index in [1.165, 1.54) is 0 Å². The fourth-order valence-electron chi connectivity index (χ4n) is 2.31. The number of carbonyl (C=O) groups excluding carboxylic acids is 1. The number of nitrogens with one attached hydrogen (secondary N) is 1. The number of aromatic nitrogens is 2. The minimum atomic E-state index is -1.15. The zero-order chi connectivity index (χ0) is 15.9. The van der Waals surface area contributed by atoms with Crippen LogP contribution in [0.5, 0.6) is 5.75 Å². The number of halogens is 1. The van der Waals surface area contributed by atoms with Crippen molar-refractivity contribution in [3.8, 4) is 5.75 Å². The maximum atomic E-state index is 13.4. The summed E-state index contributed by atoms with van der Waals surface area (Å²) in [6.45, 7) is 2.11. The number of aromatic amines is 1. The van der Waals surface area contributed by atoms with E-state index in [0.29, 0.717) is 24.1 Å². The molecule has 1 atom stereocenters. The highest BCUT2D eigenvalue weighted by atomic mass is 19.1. The number of benzene rings is 1. The Balaban J connectivity index is 2.17. The van der Waals surface area contributed by atoms with Gasteiger partial charge < -0.3 is 9.47 Å². The summed E-state index contributed by atoms with van der Waals surface area (Å²) in [5.41, 5.74) is -1.45. The van der Waals surface area contributed by atoms with Gasteiger partial charge in [-0.15, -0.1) is 0 Å². The number of carbonyl (C=O) groups is 1. The van der Waals surface area contributed by atoms with Gasteiger partial charge >= 0.3 is 11.7 Å². The highest BCUT2D eigenvalue weighted by Gasteiger charge is 2.36. The van der Waals surface area contributed by atoms with Crippen LogP contribution in [0.15, 0.2) is 34.0 Å². The number of hydrogen-bond donors (Lipinski definition) is 1. The van der Waals surface area contributed by atoms with E-state index in [-0.39, 0.29) is 5.56 Å². The number of nitrogens with zero attached hydrogens (tertiary/aromatic N) is 1. The van der Waals surface area contributed by atoms with Crippen LogP contribution in [0.25, 0.3) is 0 Å². The van der Waals surface area contributed by atoms with Crippen molar-refractivity contribution < 1.29 is 18.7 Å². The van der Waals surface area contributed by atoms with Gasteiger partial charge in [-0.3, -0.25) is 14.3 Å². The zero-order valence-corrected chi connectivity index (χ0v) is 11.5. The molecule has 1 N–H and O–H groups in total. The Kier molecular flexibility index (Phi) is 3.28. The lowest BCUT2D eigenvalue weighted by atomic mass is 10.1. The van der Waals surface area contributed by atoms with Gasteiger partial charge in [-0.1, -0.05) is 12.1 Å². The molecule has 0 amide bonds. The van der Waals surface area contributed by atoms with Gasteiger partial charge in [0.15, 0.2) is 0 Å². The summed E-state index contributed by atoms with van der Waals surface area (Å²) >= 11 is 0. The normalized spacial score (nSPS) is 16.3. The topological polar surface area (TPSA) is 90.4 Å². The number of esters is 1. The molecule has 3 rings (SSSR count). The maximum Gasteiger partial charge on any atom is 0.344 e. The molecular weight excluding hydrogens is 295 g/mol. The Morgan fingerprint density at radius 1 is 1.36 bits per heavy atom. The van der Waals surface area contributed by atoms with Crippen LogP contribution in [0.3, 0.4) is 0 Å². The van der Waals surface area contributed by atoms with E-state index < -0.39 is 29.3 Å². The lowest BCUT2D eigenvalue weighted by Crippen LogP contribution is -2.34. The number of hydrogen-bond acceptors (Lipinski definition) is 5. The van der Waals surface area contributed by atoms with Crippen LogP contribution in [0.1, 0.15) is 29.1 Å². The first-order valence-corrected chi connectivity index (χ1v) is 6.50. The fraction of sp³-hybridized carbons (Fsp3) is 0.214. The first kappa shape index (κ1) is 14.1. The Hall–Kier alpha value is -2.90. The molecule has 0 radical (unpaired) electrons. The average molecular weight is 306 g/mol. The van der Waals surface area contributed by atoms with E-state index in [1.807, 2.05) is 4.98 Å². The Labute approximate surface area is 122 Å². The Morgan fingerprint density at radius 2 is 2.14 bits per heavy atom. The number of fused-ring (bicyclic) bond motifs is 1. The number of cyclic esters (lactones) is 1. The van der Waals surface area contributed by atoms with Crippen LogP contribution < -0.4 is 16.0 Å². The van der Waals surface area contributed by atoms with Gasteiger partial charge in [0.25, 0.3) is 5.56 Å². The van der Waals surface area contributed by atoms with Crippen LogP contribution >= 0.6 is 0 Å². The van der Waals surface area contributed by atoms with Crippen molar-refractivity contribution in [2.45, 2.75) is 13.2 Å². The lowest BCUT2D eigenvalue weighted by Gasteiger charge is -2.13. The van der Waals surface area contributed by atoms with Crippen LogP contribution in [0.4, 0.5) is 4.39 Å². The smallest absolute Gasteiger partial charge is 0.344 e. The average Bonchev–Trinajstić information content (AvgIpc) is 2.81. The van der Waals surface area contributed by atoms with Crippen LogP contribution in [0.2, 0.25) is 0 Å². The minimum absolute atomic E-state index is 0.188. The largest absolute Gasteiger partial charge is 0.493 e. The summed E-state index contributed by atoms with van der Waals surface area (Å²) in [6, 6.07) is 4.80. The Bertz CT molecular complexity index is 870. The van der Waals surface area contributed by atoms with Gasteiger partial charge in [0, 0.05) is 5.56 Å². The van der Waals surface area contributed by atoms with Gasteiger partial charge in [0.05, 0.1) is 12.8 Å². The summed E-state index contributed by atoms with van der Waals surface area (Å²) in [5, 5.41) is 0. The molecule has 2 aromatic rings. The van der Waals surface area contributed by atoms with Crippen molar-refractivity contribution in [3.63, 3.8) is 0 Å². The van der Waals surface area contributed by atoms with E-state index in [9.17, 15) is 18.8 Å². The quantitative estimate of drug-likeness (QED) is 0.847. The molecule has 0 spiro atoms. The predicted molar refractivity (Wildman–Crippen MR) is 72.4 cm³/mol. The van der Waals surface area contributed by atoms with Gasteiger partial charge in [0.1, 0.15) is 11.3 Å². The first-order valence-electron chi connectivity index (χ1n) is 6.50. The monoisotopic (exact) mass is 306 g/mol. The second-order valence-electron chi connectivity index (χ2n) is 4.55. The first-order chi connectivity index (χ1) is 10.5. The Morgan fingerprint density at radius 3 is 2.86 bits per heavy atom. The third-order valence-electron chi connectivity index (χ3n) is 3.22. The molecule has 1 aliphatic rings. The number of H-pyrrole nitrogens is 1. The second kappa shape index (κ2) is 5.14. The highest BCUT2D eigenvalue weighted by Crippen LogP contribution is 2.36. The molecule has 0 fully saturated rings. The van der Waals surface area contributed by atoms with Crippen LogP contribution in [-0.2, 0) is 4.74 Å². The number of rotatable bonds is 3. The summed E-state index contributed by atoms with van der Waals surface area (Å²) in [7, 11) is 0. The molecule has 8 heteroatoms. The predicted octanol–water partition coefficient (Wildman–Crippen LogP) is 0.792. The summed E-state index contributed by atoms with van der Waals surface area (Å²) < 4.78 is 24.7. The molecule has 1 aromatic carbocycles. The van der Waals surface area contributed by atoms with Crippen molar-refractivity contribution in [3.05, 3.63) is 62.2 Å².